The first-order valence-corrected chi connectivity index (χ1v) is 8.70. The number of ether oxygens (including phenoxy) is 3. The van der Waals surface area contributed by atoms with Crippen LogP contribution in [0.4, 0.5) is 10.1 Å². The van der Waals surface area contributed by atoms with Crippen LogP contribution < -0.4 is 24.8 Å². The Morgan fingerprint density at radius 3 is 2.44 bits per heavy atom. The molecule has 142 valence electrons. The third-order valence-electron chi connectivity index (χ3n) is 5.52. The van der Waals surface area contributed by atoms with Crippen LogP contribution in [0.5, 0.6) is 17.2 Å². The molecule has 2 N–H and O–H groups in total. The normalized spacial score (nSPS) is 23.3. The van der Waals surface area contributed by atoms with Crippen molar-refractivity contribution in [2.75, 3.05) is 33.2 Å². The summed E-state index contributed by atoms with van der Waals surface area (Å²) in [6, 6.07) is 7.56. The molecule has 0 aliphatic carbocycles. The van der Waals surface area contributed by atoms with Crippen molar-refractivity contribution in [1.29, 1.82) is 0 Å². The third-order valence-corrected chi connectivity index (χ3v) is 5.52. The highest BCUT2D eigenvalue weighted by Gasteiger charge is 2.56. The van der Waals surface area contributed by atoms with Crippen molar-refractivity contribution in [3.63, 3.8) is 0 Å². The lowest BCUT2D eigenvalue weighted by molar-refractivity contribution is -0.121. The number of benzene rings is 2. The zero-order chi connectivity index (χ0) is 19.2. The largest absolute Gasteiger partial charge is 0.496 e. The first-order valence-electron chi connectivity index (χ1n) is 8.70. The first-order chi connectivity index (χ1) is 13.0. The lowest BCUT2D eigenvalue weighted by atomic mass is 9.72. The van der Waals surface area contributed by atoms with E-state index in [1.165, 1.54) is 12.1 Å². The molecule has 1 amide bonds. The molecule has 2 aromatic carbocycles. The Morgan fingerprint density at radius 1 is 1.04 bits per heavy atom. The summed E-state index contributed by atoms with van der Waals surface area (Å²) in [7, 11) is 4.67. The molecule has 7 heteroatoms. The fourth-order valence-electron chi connectivity index (χ4n) is 4.27. The molecule has 6 nitrogen and oxygen atoms in total. The second-order valence-electron chi connectivity index (χ2n) is 6.70. The van der Waals surface area contributed by atoms with E-state index in [0.29, 0.717) is 41.5 Å². The standard InChI is InChI=1S/C20H21FN2O4/c1-25-15-10-17(27-3)16(26-2)9-12(15)18-20(6-7-22-18)13-8-11(21)4-5-14(13)23-19(20)24/h4-5,8-10,18,22H,6-7H2,1-3H3,(H,23,24)/t18-,20+/m0/s1. The number of hydrogen-bond donors (Lipinski definition) is 2. The molecule has 0 bridgehead atoms. The number of rotatable bonds is 4. The van der Waals surface area contributed by atoms with Gasteiger partial charge in [0.15, 0.2) is 11.5 Å². The minimum absolute atomic E-state index is 0.144. The van der Waals surface area contributed by atoms with Gasteiger partial charge in [-0.3, -0.25) is 4.79 Å². The fraction of sp³-hybridized carbons (Fsp3) is 0.350. The Morgan fingerprint density at radius 2 is 1.74 bits per heavy atom. The molecular formula is C20H21FN2O4. The number of methoxy groups -OCH3 is 3. The van der Waals surface area contributed by atoms with Gasteiger partial charge in [-0.1, -0.05) is 0 Å². The van der Waals surface area contributed by atoms with Crippen molar-refractivity contribution in [3.05, 3.63) is 47.3 Å². The van der Waals surface area contributed by atoms with Crippen LogP contribution >= 0.6 is 0 Å². The van der Waals surface area contributed by atoms with Crippen LogP contribution in [0, 0.1) is 5.82 Å². The monoisotopic (exact) mass is 372 g/mol. The number of carbonyl (C=O) groups is 1. The minimum atomic E-state index is -0.912. The van der Waals surface area contributed by atoms with Crippen LogP contribution in [-0.4, -0.2) is 33.8 Å². The molecular weight excluding hydrogens is 351 g/mol. The van der Waals surface area contributed by atoms with Crippen LogP contribution in [0.25, 0.3) is 0 Å². The topological polar surface area (TPSA) is 68.8 Å². The highest BCUT2D eigenvalue weighted by Crippen LogP contribution is 2.53. The van der Waals surface area contributed by atoms with Crippen molar-refractivity contribution in [2.24, 2.45) is 0 Å². The van der Waals surface area contributed by atoms with Gasteiger partial charge in [0, 0.05) is 17.3 Å². The van der Waals surface area contributed by atoms with Crippen LogP contribution in [-0.2, 0) is 10.2 Å². The van der Waals surface area contributed by atoms with E-state index in [4.69, 9.17) is 14.2 Å². The predicted molar refractivity (Wildman–Crippen MR) is 98.2 cm³/mol. The quantitative estimate of drug-likeness (QED) is 0.864. The second-order valence-corrected chi connectivity index (χ2v) is 6.70. The molecule has 2 aliphatic heterocycles. The molecule has 0 aromatic heterocycles. The van der Waals surface area contributed by atoms with Gasteiger partial charge in [0.05, 0.1) is 32.8 Å². The van der Waals surface area contributed by atoms with Gasteiger partial charge in [0.1, 0.15) is 11.6 Å². The van der Waals surface area contributed by atoms with Crippen molar-refractivity contribution in [2.45, 2.75) is 17.9 Å². The number of amides is 1. The molecule has 2 aliphatic rings. The Hall–Kier alpha value is -2.80. The summed E-state index contributed by atoms with van der Waals surface area (Å²) in [6.07, 6.45) is 0.553. The van der Waals surface area contributed by atoms with Gasteiger partial charge < -0.3 is 24.8 Å². The van der Waals surface area contributed by atoms with Gasteiger partial charge in [-0.2, -0.15) is 0 Å². The molecule has 2 heterocycles. The maximum absolute atomic E-state index is 14.0. The molecule has 0 unspecified atom stereocenters. The third kappa shape index (κ3) is 2.45. The van der Waals surface area contributed by atoms with Crippen LogP contribution in [0.15, 0.2) is 30.3 Å². The zero-order valence-corrected chi connectivity index (χ0v) is 15.4. The van der Waals surface area contributed by atoms with E-state index < -0.39 is 11.5 Å². The molecule has 0 saturated carbocycles. The summed E-state index contributed by atoms with van der Waals surface area (Å²) in [6.45, 7) is 0.617. The highest BCUT2D eigenvalue weighted by atomic mass is 19.1. The summed E-state index contributed by atoms with van der Waals surface area (Å²) >= 11 is 0. The lowest BCUT2D eigenvalue weighted by Gasteiger charge is -2.31. The predicted octanol–water partition coefficient (Wildman–Crippen LogP) is 2.78. The van der Waals surface area contributed by atoms with Gasteiger partial charge in [0.25, 0.3) is 0 Å². The number of nitrogens with one attached hydrogen (secondary N) is 2. The number of anilines is 1. The lowest BCUT2D eigenvalue weighted by Crippen LogP contribution is -2.39. The zero-order valence-electron chi connectivity index (χ0n) is 15.4. The molecule has 2 atom stereocenters. The number of halogens is 1. The molecule has 0 radical (unpaired) electrons. The van der Waals surface area contributed by atoms with E-state index in [0.717, 1.165) is 5.56 Å². The fourth-order valence-corrected chi connectivity index (χ4v) is 4.27. The summed E-state index contributed by atoms with van der Waals surface area (Å²) < 4.78 is 30.4. The van der Waals surface area contributed by atoms with E-state index >= 15 is 0 Å². The summed E-state index contributed by atoms with van der Waals surface area (Å²) in [4.78, 5) is 13.1. The summed E-state index contributed by atoms with van der Waals surface area (Å²) in [5.41, 5.74) is 1.17. The SMILES string of the molecule is COc1cc(OC)c([C@@H]2NCC[C@]23C(=O)Nc2ccc(F)cc23)cc1OC. The molecule has 27 heavy (non-hydrogen) atoms. The van der Waals surface area contributed by atoms with Crippen LogP contribution in [0.3, 0.4) is 0 Å². The van der Waals surface area contributed by atoms with E-state index in [-0.39, 0.29) is 11.7 Å². The minimum Gasteiger partial charge on any atom is -0.496 e. The number of carbonyl (C=O) groups excluding carboxylic acids is 1. The van der Waals surface area contributed by atoms with Gasteiger partial charge in [-0.05, 0) is 42.8 Å². The van der Waals surface area contributed by atoms with Crippen molar-refractivity contribution < 1.29 is 23.4 Å². The molecule has 2 aromatic rings. The van der Waals surface area contributed by atoms with E-state index in [1.54, 1.807) is 33.5 Å². The van der Waals surface area contributed by atoms with Crippen molar-refractivity contribution in [1.82, 2.24) is 5.32 Å². The highest BCUT2D eigenvalue weighted by molar-refractivity contribution is 6.07. The van der Waals surface area contributed by atoms with Gasteiger partial charge in [0.2, 0.25) is 5.91 Å². The van der Waals surface area contributed by atoms with Gasteiger partial charge in [-0.15, -0.1) is 0 Å². The Labute approximate surface area is 156 Å². The Balaban J connectivity index is 1.91. The maximum Gasteiger partial charge on any atom is 0.237 e. The maximum atomic E-state index is 14.0. The van der Waals surface area contributed by atoms with E-state index in [2.05, 4.69) is 10.6 Å². The molecule has 1 spiro atoms. The Kier molecular flexibility index (Phi) is 4.19. The van der Waals surface area contributed by atoms with Crippen LogP contribution in [0.2, 0.25) is 0 Å². The summed E-state index contributed by atoms with van der Waals surface area (Å²) in [5.74, 6) is 1.14. The first kappa shape index (κ1) is 17.6. The van der Waals surface area contributed by atoms with Crippen molar-refractivity contribution in [3.8, 4) is 17.2 Å². The second kappa shape index (κ2) is 6.42. The molecule has 1 fully saturated rings. The Bertz CT molecular complexity index is 917. The average Bonchev–Trinajstić information content (AvgIpc) is 3.24. The van der Waals surface area contributed by atoms with Crippen molar-refractivity contribution >= 4 is 11.6 Å². The summed E-state index contributed by atoms with van der Waals surface area (Å²) in [5, 5.41) is 6.30. The number of hydrogen-bond acceptors (Lipinski definition) is 5. The van der Waals surface area contributed by atoms with Gasteiger partial charge in [-0.25, -0.2) is 4.39 Å². The van der Waals surface area contributed by atoms with E-state index in [9.17, 15) is 9.18 Å². The molecule has 1 saturated heterocycles. The molecule has 4 rings (SSSR count). The van der Waals surface area contributed by atoms with E-state index in [1.807, 2.05) is 6.07 Å². The van der Waals surface area contributed by atoms with Gasteiger partial charge >= 0.3 is 0 Å². The average molecular weight is 372 g/mol. The smallest absolute Gasteiger partial charge is 0.237 e. The van der Waals surface area contributed by atoms with Crippen LogP contribution in [0.1, 0.15) is 23.6 Å². The number of fused-ring (bicyclic) bond motifs is 2.